The highest BCUT2D eigenvalue weighted by molar-refractivity contribution is 5.79. The fraction of sp³-hybridized carbons (Fsp3) is 0. The first-order valence-corrected chi connectivity index (χ1v) is 3.37. The molecule has 2 aromatic rings. The van der Waals surface area contributed by atoms with Gasteiger partial charge in [0, 0.05) is 12.3 Å². The van der Waals surface area contributed by atoms with Gasteiger partial charge < -0.3 is 5.11 Å². The molecule has 0 bridgehead atoms. The molecule has 0 radical (unpaired) electrons. The second-order valence-corrected chi connectivity index (χ2v) is 2.33. The molecular formula is C8H5FN2O. The summed E-state index contributed by atoms with van der Waals surface area (Å²) < 4.78 is 12.6. The van der Waals surface area contributed by atoms with Crippen LogP contribution in [0.15, 0.2) is 24.4 Å². The van der Waals surface area contributed by atoms with Crippen molar-refractivity contribution in [1.29, 1.82) is 0 Å². The third kappa shape index (κ3) is 0.972. The van der Waals surface area contributed by atoms with Crippen LogP contribution >= 0.6 is 0 Å². The lowest BCUT2D eigenvalue weighted by Gasteiger charge is -1.97. The molecule has 2 aromatic heterocycles. The van der Waals surface area contributed by atoms with Gasteiger partial charge in [-0.2, -0.15) is 4.39 Å². The van der Waals surface area contributed by atoms with Gasteiger partial charge in [-0.3, -0.25) is 4.98 Å². The number of hydrogen-bond donors (Lipinski definition) is 1. The van der Waals surface area contributed by atoms with E-state index in [0.29, 0.717) is 5.52 Å². The third-order valence-corrected chi connectivity index (χ3v) is 1.53. The average molecular weight is 164 g/mol. The number of pyridine rings is 2. The summed E-state index contributed by atoms with van der Waals surface area (Å²) in [7, 11) is 0. The molecule has 0 atom stereocenters. The predicted octanol–water partition coefficient (Wildman–Crippen LogP) is 1.47. The first-order chi connectivity index (χ1) is 5.77. The van der Waals surface area contributed by atoms with Crippen molar-refractivity contribution in [1.82, 2.24) is 9.97 Å². The Morgan fingerprint density at radius 3 is 2.92 bits per heavy atom. The molecular weight excluding hydrogens is 159 g/mol. The molecule has 0 saturated heterocycles. The van der Waals surface area contributed by atoms with E-state index in [1.54, 1.807) is 0 Å². The molecule has 0 fully saturated rings. The fourth-order valence-electron chi connectivity index (χ4n) is 0.988. The fourth-order valence-corrected chi connectivity index (χ4v) is 0.988. The van der Waals surface area contributed by atoms with Gasteiger partial charge in [-0.1, -0.05) is 0 Å². The van der Waals surface area contributed by atoms with E-state index in [9.17, 15) is 9.50 Å². The summed E-state index contributed by atoms with van der Waals surface area (Å²) >= 11 is 0. The normalized spacial score (nSPS) is 10.4. The SMILES string of the molecule is Oc1ccnc2ccc(F)nc12. The Bertz CT molecular complexity index is 430. The van der Waals surface area contributed by atoms with Crippen LogP contribution in [0, 0.1) is 5.95 Å². The summed E-state index contributed by atoms with van der Waals surface area (Å²) in [6.07, 6.45) is 1.44. The van der Waals surface area contributed by atoms with Crippen molar-refractivity contribution in [2.75, 3.05) is 0 Å². The Hall–Kier alpha value is -1.71. The maximum Gasteiger partial charge on any atom is 0.213 e. The van der Waals surface area contributed by atoms with Crippen molar-refractivity contribution in [3.8, 4) is 5.75 Å². The molecule has 0 aromatic carbocycles. The monoisotopic (exact) mass is 164 g/mol. The zero-order chi connectivity index (χ0) is 8.55. The maximum atomic E-state index is 12.6. The number of aromatic nitrogens is 2. The van der Waals surface area contributed by atoms with Crippen LogP contribution in [-0.4, -0.2) is 15.1 Å². The van der Waals surface area contributed by atoms with Crippen molar-refractivity contribution in [2.45, 2.75) is 0 Å². The van der Waals surface area contributed by atoms with E-state index < -0.39 is 5.95 Å². The highest BCUT2D eigenvalue weighted by atomic mass is 19.1. The summed E-state index contributed by atoms with van der Waals surface area (Å²) in [4.78, 5) is 7.39. The van der Waals surface area contributed by atoms with Gasteiger partial charge in [0.2, 0.25) is 5.95 Å². The summed E-state index contributed by atoms with van der Waals surface area (Å²) in [5.41, 5.74) is 0.675. The Kier molecular flexibility index (Phi) is 1.40. The van der Waals surface area contributed by atoms with E-state index in [2.05, 4.69) is 9.97 Å². The molecule has 12 heavy (non-hydrogen) atoms. The van der Waals surface area contributed by atoms with Gasteiger partial charge in [0.15, 0.2) is 0 Å². The van der Waals surface area contributed by atoms with Crippen molar-refractivity contribution in [3.63, 3.8) is 0 Å². The van der Waals surface area contributed by atoms with Gasteiger partial charge in [0.1, 0.15) is 11.3 Å². The van der Waals surface area contributed by atoms with E-state index >= 15 is 0 Å². The summed E-state index contributed by atoms with van der Waals surface area (Å²) in [5.74, 6) is -0.676. The summed E-state index contributed by atoms with van der Waals surface area (Å²) in [6.45, 7) is 0. The van der Waals surface area contributed by atoms with Crippen LogP contribution in [0.4, 0.5) is 4.39 Å². The largest absolute Gasteiger partial charge is 0.506 e. The second kappa shape index (κ2) is 2.41. The number of fused-ring (bicyclic) bond motifs is 1. The predicted molar refractivity (Wildman–Crippen MR) is 41.2 cm³/mol. The van der Waals surface area contributed by atoms with Crippen LogP contribution < -0.4 is 0 Å². The molecule has 2 rings (SSSR count). The van der Waals surface area contributed by atoms with Gasteiger partial charge >= 0.3 is 0 Å². The van der Waals surface area contributed by atoms with Crippen molar-refractivity contribution in [2.24, 2.45) is 0 Å². The summed E-state index contributed by atoms with van der Waals surface area (Å²) in [6, 6.07) is 4.04. The Morgan fingerprint density at radius 1 is 1.25 bits per heavy atom. The highest BCUT2D eigenvalue weighted by Gasteiger charge is 2.01. The van der Waals surface area contributed by atoms with Gasteiger partial charge in [0.25, 0.3) is 0 Å². The van der Waals surface area contributed by atoms with E-state index in [4.69, 9.17) is 0 Å². The Morgan fingerprint density at radius 2 is 2.08 bits per heavy atom. The molecule has 3 nitrogen and oxygen atoms in total. The van der Waals surface area contributed by atoms with E-state index in [1.807, 2.05) is 0 Å². The topological polar surface area (TPSA) is 46.0 Å². The zero-order valence-corrected chi connectivity index (χ0v) is 6.03. The van der Waals surface area contributed by atoms with Crippen LogP contribution in [0.25, 0.3) is 11.0 Å². The van der Waals surface area contributed by atoms with Crippen LogP contribution in [0.5, 0.6) is 5.75 Å². The first kappa shape index (κ1) is 6.97. The zero-order valence-electron chi connectivity index (χ0n) is 6.03. The average Bonchev–Trinajstić information content (AvgIpc) is 2.07. The van der Waals surface area contributed by atoms with Gasteiger partial charge in [-0.25, -0.2) is 4.98 Å². The van der Waals surface area contributed by atoms with Gasteiger partial charge in [0.05, 0.1) is 5.52 Å². The molecule has 2 heterocycles. The molecule has 0 amide bonds. The second-order valence-electron chi connectivity index (χ2n) is 2.33. The number of hydrogen-bond acceptors (Lipinski definition) is 3. The maximum absolute atomic E-state index is 12.6. The molecule has 0 aliphatic rings. The standard InChI is InChI=1S/C8H5FN2O/c9-7-2-1-5-8(11-7)6(12)3-4-10-5/h1-4H,(H,10,12). The van der Waals surface area contributed by atoms with Crippen molar-refractivity contribution < 1.29 is 9.50 Å². The number of nitrogens with zero attached hydrogens (tertiary/aromatic N) is 2. The van der Waals surface area contributed by atoms with Gasteiger partial charge in [-0.15, -0.1) is 0 Å². The molecule has 60 valence electrons. The lowest BCUT2D eigenvalue weighted by atomic mass is 10.3. The number of rotatable bonds is 0. The minimum Gasteiger partial charge on any atom is -0.506 e. The molecule has 0 spiro atoms. The minimum absolute atomic E-state index is 0.0560. The van der Waals surface area contributed by atoms with Crippen LogP contribution in [0.3, 0.4) is 0 Å². The molecule has 4 heteroatoms. The Balaban J connectivity index is 2.88. The molecule has 0 aliphatic heterocycles. The lowest BCUT2D eigenvalue weighted by Crippen LogP contribution is -1.86. The van der Waals surface area contributed by atoms with E-state index in [-0.39, 0.29) is 11.3 Å². The Labute approximate surface area is 67.5 Å². The summed E-state index contributed by atoms with van der Waals surface area (Å²) in [5, 5.41) is 9.23. The first-order valence-electron chi connectivity index (χ1n) is 3.37. The quantitative estimate of drug-likeness (QED) is 0.600. The third-order valence-electron chi connectivity index (χ3n) is 1.53. The van der Waals surface area contributed by atoms with Crippen LogP contribution in [0.2, 0.25) is 0 Å². The van der Waals surface area contributed by atoms with Crippen molar-refractivity contribution in [3.05, 3.63) is 30.3 Å². The molecule has 0 unspecified atom stereocenters. The van der Waals surface area contributed by atoms with E-state index in [1.165, 1.54) is 24.4 Å². The van der Waals surface area contributed by atoms with Crippen LogP contribution in [0.1, 0.15) is 0 Å². The number of aromatic hydroxyl groups is 1. The van der Waals surface area contributed by atoms with E-state index in [0.717, 1.165) is 0 Å². The highest BCUT2D eigenvalue weighted by Crippen LogP contribution is 2.19. The number of halogens is 1. The van der Waals surface area contributed by atoms with Gasteiger partial charge in [-0.05, 0) is 12.1 Å². The minimum atomic E-state index is -0.620. The smallest absolute Gasteiger partial charge is 0.213 e. The van der Waals surface area contributed by atoms with Crippen LogP contribution in [-0.2, 0) is 0 Å². The van der Waals surface area contributed by atoms with Crippen molar-refractivity contribution >= 4 is 11.0 Å². The molecule has 0 aliphatic carbocycles. The lowest BCUT2D eigenvalue weighted by molar-refractivity contribution is 0.478. The molecule has 0 saturated carbocycles. The molecule has 1 N–H and O–H groups in total.